The lowest BCUT2D eigenvalue weighted by Gasteiger charge is -2.42. The Morgan fingerprint density at radius 2 is 1.11 bits per heavy atom. The fourth-order valence-corrected chi connectivity index (χ4v) is 12.0. The molecule has 0 fully saturated rings. The van der Waals surface area contributed by atoms with Crippen molar-refractivity contribution in [2.24, 2.45) is 0 Å². The van der Waals surface area contributed by atoms with Crippen molar-refractivity contribution in [3.05, 3.63) is 187 Å². The van der Waals surface area contributed by atoms with E-state index in [2.05, 4.69) is 182 Å². The third-order valence-corrected chi connectivity index (χ3v) is 14.9. The van der Waals surface area contributed by atoms with Gasteiger partial charge in [0.1, 0.15) is 16.7 Å². The lowest BCUT2D eigenvalue weighted by atomic mass is 9.23. The first-order chi connectivity index (χ1) is 30.5. The summed E-state index contributed by atoms with van der Waals surface area (Å²) in [4.78, 5) is 2.42. The van der Waals surface area contributed by atoms with Crippen LogP contribution in [0.5, 0.6) is 0 Å². The highest BCUT2D eigenvalue weighted by Gasteiger charge is 2.47. The van der Waals surface area contributed by atoms with Crippen molar-refractivity contribution in [1.29, 1.82) is 0 Å². The molecule has 62 heavy (non-hydrogen) atoms. The molecule has 0 unspecified atom stereocenters. The van der Waals surface area contributed by atoms with Gasteiger partial charge in [0.25, 0.3) is 13.4 Å². The largest absolute Gasteiger partial charge is 0.471 e. The Balaban J connectivity index is 1.03. The number of benzene rings is 8. The summed E-state index contributed by atoms with van der Waals surface area (Å²) in [5.41, 5.74) is 15.1. The van der Waals surface area contributed by atoms with Crippen LogP contribution in [0.1, 0.15) is 25.0 Å². The zero-order chi connectivity index (χ0) is 40.8. The van der Waals surface area contributed by atoms with E-state index in [4.69, 9.17) is 13.3 Å². The molecule has 0 saturated carbocycles. The predicted molar refractivity (Wildman–Crippen MR) is 262 cm³/mol. The second kappa shape index (κ2) is 12.4. The van der Waals surface area contributed by atoms with Gasteiger partial charge in [-0.25, -0.2) is 0 Å². The molecule has 8 aromatic carbocycles. The lowest BCUT2D eigenvalue weighted by molar-refractivity contribution is 0.615. The van der Waals surface area contributed by atoms with E-state index >= 15 is 0 Å². The van der Waals surface area contributed by atoms with Crippen molar-refractivity contribution >= 4 is 140 Å². The van der Waals surface area contributed by atoms with Crippen molar-refractivity contribution in [2.75, 3.05) is 4.90 Å². The third-order valence-electron chi connectivity index (χ3n) is 14.0. The van der Waals surface area contributed by atoms with Gasteiger partial charge in [-0.3, -0.25) is 0 Å². The number of thiophene rings is 1. The lowest BCUT2D eigenvalue weighted by Crippen LogP contribution is -2.73. The molecule has 14 rings (SSSR count). The second-order valence-corrected chi connectivity index (χ2v) is 18.5. The van der Waals surface area contributed by atoms with E-state index in [9.17, 15) is 0 Å². The Morgan fingerprint density at radius 1 is 0.500 bits per heavy atom. The standard InChI is InChI=1S/C55H35B2NO3S/c1-55(2)41-11-5-7-13-43(41)58(44-14-8-6-12-42(44)55)36-20-17-34(18-21-36)56-51-49-39-27-29-59-45(39)23-24-46(49)60-54(51)57(52-50-40-28-30-62-48(40)26-25-47(50)61-53(52)56)35-19-22-38-33(31-35)16-15-32-9-3-4-10-37(32)38/h3-31H,1-2H3. The van der Waals surface area contributed by atoms with Crippen LogP contribution >= 0.6 is 11.3 Å². The van der Waals surface area contributed by atoms with E-state index in [0.717, 1.165) is 60.8 Å². The van der Waals surface area contributed by atoms with E-state index < -0.39 is 0 Å². The Bertz CT molecular complexity index is 3780. The zero-order valence-electron chi connectivity index (χ0n) is 34.0. The molecule has 6 heterocycles. The van der Waals surface area contributed by atoms with E-state index in [1.807, 2.05) is 6.07 Å². The SMILES string of the molecule is CC1(C)c2ccccc2N(c2ccc(B3c4oc5ccc6sccc6c5c4B(c4ccc5c(ccc6ccccc65)c4)c4oc5ccc6occc6c5c43)cc2)c2ccccc21. The van der Waals surface area contributed by atoms with Gasteiger partial charge in [0.2, 0.25) is 0 Å². The molecule has 2 aliphatic heterocycles. The average Bonchev–Trinajstić information content (AvgIpc) is 4.13. The van der Waals surface area contributed by atoms with Gasteiger partial charge < -0.3 is 18.2 Å². The molecule has 0 N–H and O–H groups in total. The molecule has 7 heteroatoms. The zero-order valence-corrected chi connectivity index (χ0v) is 34.8. The van der Waals surface area contributed by atoms with Crippen LogP contribution in [0.15, 0.2) is 189 Å². The fourth-order valence-electron chi connectivity index (χ4n) is 11.2. The topological polar surface area (TPSA) is 42.7 Å². The predicted octanol–water partition coefficient (Wildman–Crippen LogP) is 10.9. The van der Waals surface area contributed by atoms with Crippen LogP contribution in [0.3, 0.4) is 0 Å². The summed E-state index contributed by atoms with van der Waals surface area (Å²) in [5.74, 6) is 0. The number of nitrogens with zero attached hydrogens (tertiary/aromatic N) is 1. The minimum atomic E-state index is -0.252. The second-order valence-electron chi connectivity index (χ2n) is 17.5. The Labute approximate surface area is 361 Å². The number of hydrogen-bond acceptors (Lipinski definition) is 5. The van der Waals surface area contributed by atoms with E-state index in [0.29, 0.717) is 0 Å². The molecule has 0 aliphatic carbocycles. The van der Waals surface area contributed by atoms with Gasteiger partial charge in [-0.05, 0) is 110 Å². The van der Waals surface area contributed by atoms with Crippen molar-refractivity contribution in [2.45, 2.75) is 19.3 Å². The first kappa shape index (κ1) is 34.5. The molecule has 0 bridgehead atoms. The molecular formula is C55H35B2NO3S. The molecule has 290 valence electrons. The molecule has 0 saturated heterocycles. The summed E-state index contributed by atoms with van der Waals surface area (Å²) in [6.07, 6.45) is 1.79. The van der Waals surface area contributed by atoms with Crippen molar-refractivity contribution < 1.29 is 13.3 Å². The Hall–Kier alpha value is -7.21. The highest BCUT2D eigenvalue weighted by atomic mass is 32.1. The molecule has 4 nitrogen and oxygen atoms in total. The summed E-state index contributed by atoms with van der Waals surface area (Å²) < 4.78 is 21.9. The molecule has 0 amide bonds. The number of rotatable bonds is 3. The number of fused-ring (bicyclic) bond motifs is 15. The Morgan fingerprint density at radius 3 is 1.89 bits per heavy atom. The van der Waals surface area contributed by atoms with Crippen LogP contribution in [0, 0.1) is 0 Å². The number of furan rings is 3. The molecule has 0 atom stereocenters. The van der Waals surface area contributed by atoms with Crippen LogP contribution in [0.4, 0.5) is 17.1 Å². The Kier molecular flexibility index (Phi) is 6.92. The molecular weight excluding hydrogens is 776 g/mol. The van der Waals surface area contributed by atoms with Gasteiger partial charge in [-0.2, -0.15) is 0 Å². The van der Waals surface area contributed by atoms with Crippen molar-refractivity contribution in [1.82, 2.24) is 0 Å². The van der Waals surface area contributed by atoms with E-state index in [-0.39, 0.29) is 18.8 Å². The maximum atomic E-state index is 7.29. The highest BCUT2D eigenvalue weighted by molar-refractivity contribution is 7.17. The van der Waals surface area contributed by atoms with Crippen LogP contribution in [-0.4, -0.2) is 13.4 Å². The first-order valence-corrected chi connectivity index (χ1v) is 22.2. The molecule has 0 radical (unpaired) electrons. The first-order valence-electron chi connectivity index (χ1n) is 21.4. The summed E-state index contributed by atoms with van der Waals surface area (Å²) >= 11 is 1.77. The summed E-state index contributed by atoms with van der Waals surface area (Å²) in [7, 11) is 0. The van der Waals surface area contributed by atoms with Gasteiger partial charge >= 0.3 is 0 Å². The van der Waals surface area contributed by atoms with Gasteiger partial charge in [-0.15, -0.1) is 11.3 Å². The normalized spacial score (nSPS) is 14.3. The monoisotopic (exact) mass is 811 g/mol. The van der Waals surface area contributed by atoms with Crippen molar-refractivity contribution in [3.8, 4) is 0 Å². The highest BCUT2D eigenvalue weighted by Crippen LogP contribution is 2.51. The number of para-hydroxylation sites is 2. The van der Waals surface area contributed by atoms with Crippen LogP contribution in [-0.2, 0) is 5.41 Å². The maximum Gasteiger partial charge on any atom is 0.290 e. The molecule has 2 aliphatic rings. The average molecular weight is 812 g/mol. The molecule has 4 aromatic heterocycles. The molecule has 0 spiro atoms. The summed E-state index contributed by atoms with van der Waals surface area (Å²) in [5, 5.41) is 11.6. The third kappa shape index (κ3) is 4.58. The van der Waals surface area contributed by atoms with E-state index in [1.165, 1.54) is 65.1 Å². The van der Waals surface area contributed by atoms with Crippen LogP contribution in [0.25, 0.3) is 64.5 Å². The minimum absolute atomic E-state index is 0.135. The maximum absolute atomic E-state index is 7.29. The van der Waals surface area contributed by atoms with E-state index in [1.54, 1.807) is 17.6 Å². The summed E-state index contributed by atoms with van der Waals surface area (Å²) in [6, 6.07) is 59.8. The van der Waals surface area contributed by atoms with Crippen LogP contribution < -0.4 is 38.1 Å². The van der Waals surface area contributed by atoms with Crippen molar-refractivity contribution in [3.63, 3.8) is 0 Å². The quantitative estimate of drug-likeness (QED) is 0.132. The van der Waals surface area contributed by atoms with Gasteiger partial charge in [-0.1, -0.05) is 128 Å². The smallest absolute Gasteiger partial charge is 0.290 e. The van der Waals surface area contributed by atoms with Gasteiger partial charge in [0.05, 0.1) is 29.0 Å². The van der Waals surface area contributed by atoms with Gasteiger partial charge in [0, 0.05) is 37.3 Å². The number of hydrogen-bond donors (Lipinski definition) is 0. The fraction of sp³-hybridized carbons (Fsp3) is 0.0545. The van der Waals surface area contributed by atoms with Gasteiger partial charge in [0.15, 0.2) is 0 Å². The summed E-state index contributed by atoms with van der Waals surface area (Å²) in [6.45, 7) is 4.19. The molecule has 12 aromatic rings. The minimum Gasteiger partial charge on any atom is -0.471 e. The van der Waals surface area contributed by atoms with Crippen LogP contribution in [0.2, 0.25) is 0 Å². The number of anilines is 3.